The first kappa shape index (κ1) is 11.2. The Labute approximate surface area is 98.8 Å². The van der Waals surface area contributed by atoms with E-state index in [1.165, 1.54) is 18.6 Å². The van der Waals surface area contributed by atoms with E-state index in [2.05, 4.69) is 12.2 Å². The molecule has 5 heteroatoms. The van der Waals surface area contributed by atoms with Crippen LogP contribution in [0.25, 0.3) is 0 Å². The molecule has 86 valence electrons. The summed E-state index contributed by atoms with van der Waals surface area (Å²) < 4.78 is 0. The van der Waals surface area contributed by atoms with E-state index in [0.717, 1.165) is 12.5 Å². The number of nitro benzene ring substituents is 1. The van der Waals surface area contributed by atoms with Gasteiger partial charge in [-0.1, -0.05) is 18.5 Å². The maximum absolute atomic E-state index is 10.8. The van der Waals surface area contributed by atoms with E-state index in [4.69, 9.17) is 11.6 Å². The molecule has 1 fully saturated rings. The lowest BCUT2D eigenvalue weighted by Gasteiger charge is -2.06. The van der Waals surface area contributed by atoms with Crippen molar-refractivity contribution in [3.63, 3.8) is 0 Å². The number of halogens is 1. The van der Waals surface area contributed by atoms with Gasteiger partial charge in [0.05, 0.1) is 4.92 Å². The third-order valence-corrected chi connectivity index (χ3v) is 3.22. The number of nitro groups is 1. The van der Waals surface area contributed by atoms with Gasteiger partial charge in [0.1, 0.15) is 5.69 Å². The lowest BCUT2D eigenvalue weighted by Crippen LogP contribution is -2.06. The Morgan fingerprint density at radius 3 is 2.88 bits per heavy atom. The van der Waals surface area contributed by atoms with Gasteiger partial charge < -0.3 is 5.32 Å². The molecule has 1 aromatic carbocycles. The number of hydrogen-bond donors (Lipinski definition) is 1. The Bertz CT molecular complexity index is 422. The van der Waals surface area contributed by atoms with E-state index in [9.17, 15) is 10.1 Å². The van der Waals surface area contributed by atoms with Crippen molar-refractivity contribution in [1.29, 1.82) is 0 Å². The Morgan fingerprint density at radius 1 is 1.62 bits per heavy atom. The van der Waals surface area contributed by atoms with Crippen molar-refractivity contribution >= 4 is 23.0 Å². The van der Waals surface area contributed by atoms with Crippen molar-refractivity contribution in [2.45, 2.75) is 13.3 Å². The fourth-order valence-electron chi connectivity index (χ4n) is 1.73. The predicted octanol–water partition coefficient (Wildman–Crippen LogP) is 3.32. The van der Waals surface area contributed by atoms with Crippen LogP contribution in [0.5, 0.6) is 0 Å². The lowest BCUT2D eigenvalue weighted by atomic mass is 10.2. The molecule has 0 saturated heterocycles. The van der Waals surface area contributed by atoms with Gasteiger partial charge >= 0.3 is 0 Å². The summed E-state index contributed by atoms with van der Waals surface area (Å²) in [5.41, 5.74) is 0.592. The van der Waals surface area contributed by atoms with Gasteiger partial charge in [-0.2, -0.15) is 0 Å². The zero-order chi connectivity index (χ0) is 11.7. The lowest BCUT2D eigenvalue weighted by molar-refractivity contribution is -0.384. The number of nitrogens with zero attached hydrogens (tertiary/aromatic N) is 1. The van der Waals surface area contributed by atoms with Crippen molar-refractivity contribution in [2.24, 2.45) is 11.8 Å². The van der Waals surface area contributed by atoms with Crippen LogP contribution < -0.4 is 5.32 Å². The molecule has 1 saturated carbocycles. The smallest absolute Gasteiger partial charge is 0.292 e. The molecule has 0 aromatic heterocycles. The highest BCUT2D eigenvalue weighted by Gasteiger charge is 2.32. The average Bonchev–Trinajstić information content (AvgIpc) is 2.91. The molecular formula is C11H13ClN2O2. The monoisotopic (exact) mass is 240 g/mol. The molecule has 0 amide bonds. The van der Waals surface area contributed by atoms with Crippen LogP contribution in [0.1, 0.15) is 13.3 Å². The molecule has 1 aromatic rings. The Balaban J connectivity index is 2.10. The first-order valence-electron chi connectivity index (χ1n) is 5.25. The van der Waals surface area contributed by atoms with E-state index >= 15 is 0 Å². The second-order valence-electron chi connectivity index (χ2n) is 4.27. The van der Waals surface area contributed by atoms with Crippen molar-refractivity contribution in [3.05, 3.63) is 33.3 Å². The average molecular weight is 241 g/mol. The van der Waals surface area contributed by atoms with Gasteiger partial charge in [0.15, 0.2) is 0 Å². The summed E-state index contributed by atoms with van der Waals surface area (Å²) >= 11 is 5.82. The molecular weight excluding hydrogens is 228 g/mol. The van der Waals surface area contributed by atoms with E-state index in [1.54, 1.807) is 6.07 Å². The molecule has 2 rings (SSSR count). The molecule has 16 heavy (non-hydrogen) atoms. The van der Waals surface area contributed by atoms with Crippen molar-refractivity contribution in [1.82, 2.24) is 0 Å². The zero-order valence-electron chi connectivity index (χ0n) is 8.94. The number of hydrogen-bond acceptors (Lipinski definition) is 3. The summed E-state index contributed by atoms with van der Waals surface area (Å²) in [6.07, 6.45) is 1.20. The zero-order valence-corrected chi connectivity index (χ0v) is 9.70. The van der Waals surface area contributed by atoms with Crippen LogP contribution in [0.3, 0.4) is 0 Å². The normalized spacial score (nSPS) is 22.9. The van der Waals surface area contributed by atoms with Gasteiger partial charge in [0.2, 0.25) is 0 Å². The molecule has 1 N–H and O–H groups in total. The van der Waals surface area contributed by atoms with Crippen LogP contribution in [-0.2, 0) is 0 Å². The third kappa shape index (κ3) is 2.44. The van der Waals surface area contributed by atoms with Crippen molar-refractivity contribution in [3.8, 4) is 0 Å². The maximum atomic E-state index is 10.8. The highest BCUT2D eigenvalue weighted by Crippen LogP contribution is 2.38. The molecule has 0 bridgehead atoms. The number of nitrogens with one attached hydrogen (secondary N) is 1. The van der Waals surface area contributed by atoms with Gasteiger partial charge in [0.25, 0.3) is 5.69 Å². The third-order valence-electron chi connectivity index (χ3n) is 2.99. The van der Waals surface area contributed by atoms with E-state index in [-0.39, 0.29) is 5.69 Å². The van der Waals surface area contributed by atoms with E-state index < -0.39 is 4.92 Å². The summed E-state index contributed by atoms with van der Waals surface area (Å²) in [6, 6.07) is 4.57. The summed E-state index contributed by atoms with van der Waals surface area (Å²) in [4.78, 5) is 10.4. The molecule has 1 aliphatic rings. The first-order valence-corrected chi connectivity index (χ1v) is 5.63. The fraction of sp³-hybridized carbons (Fsp3) is 0.455. The fourth-order valence-corrected chi connectivity index (χ4v) is 1.91. The van der Waals surface area contributed by atoms with Gasteiger partial charge in [0, 0.05) is 17.6 Å². The predicted molar refractivity (Wildman–Crippen MR) is 63.9 cm³/mol. The summed E-state index contributed by atoms with van der Waals surface area (Å²) in [7, 11) is 0. The van der Waals surface area contributed by atoms with Crippen LogP contribution in [0, 0.1) is 22.0 Å². The van der Waals surface area contributed by atoms with Gasteiger partial charge in [-0.15, -0.1) is 0 Å². The molecule has 1 aliphatic carbocycles. The molecule has 0 aliphatic heterocycles. The largest absolute Gasteiger partial charge is 0.379 e. The second kappa shape index (κ2) is 4.29. The second-order valence-corrected chi connectivity index (χ2v) is 4.71. The van der Waals surface area contributed by atoms with Crippen LogP contribution in [0.4, 0.5) is 11.4 Å². The maximum Gasteiger partial charge on any atom is 0.292 e. The Hall–Kier alpha value is -1.29. The molecule has 4 nitrogen and oxygen atoms in total. The minimum atomic E-state index is -0.394. The van der Waals surface area contributed by atoms with Crippen LogP contribution in [-0.4, -0.2) is 11.5 Å². The van der Waals surface area contributed by atoms with Gasteiger partial charge in [-0.3, -0.25) is 10.1 Å². The summed E-state index contributed by atoms with van der Waals surface area (Å²) in [5.74, 6) is 1.37. The Kier molecular flexibility index (Phi) is 3.01. The summed E-state index contributed by atoms with van der Waals surface area (Å²) in [5, 5.41) is 14.4. The van der Waals surface area contributed by atoms with Crippen LogP contribution >= 0.6 is 11.6 Å². The molecule has 0 heterocycles. The summed E-state index contributed by atoms with van der Waals surface area (Å²) in [6.45, 7) is 2.96. The van der Waals surface area contributed by atoms with Gasteiger partial charge in [-0.25, -0.2) is 0 Å². The van der Waals surface area contributed by atoms with E-state index in [0.29, 0.717) is 16.6 Å². The standard InChI is InChI=1S/C11H13ClN2O2/c1-7-4-8(7)6-13-10-5-9(12)2-3-11(10)14(15)16/h2-3,5,7-8,13H,4,6H2,1H3. The first-order chi connectivity index (χ1) is 7.58. The SMILES string of the molecule is CC1CC1CNc1cc(Cl)ccc1[N+](=O)[O-]. The van der Waals surface area contributed by atoms with Crippen LogP contribution in [0.2, 0.25) is 5.02 Å². The van der Waals surface area contributed by atoms with Crippen molar-refractivity contribution in [2.75, 3.05) is 11.9 Å². The minimum absolute atomic E-state index is 0.0812. The molecule has 0 spiro atoms. The van der Waals surface area contributed by atoms with Gasteiger partial charge in [-0.05, 0) is 30.4 Å². The number of benzene rings is 1. The molecule has 0 radical (unpaired) electrons. The number of rotatable bonds is 4. The van der Waals surface area contributed by atoms with E-state index in [1.807, 2.05) is 0 Å². The Morgan fingerprint density at radius 2 is 2.31 bits per heavy atom. The highest BCUT2D eigenvalue weighted by atomic mass is 35.5. The molecule has 2 atom stereocenters. The quantitative estimate of drug-likeness (QED) is 0.649. The molecule has 2 unspecified atom stereocenters. The highest BCUT2D eigenvalue weighted by molar-refractivity contribution is 6.31. The van der Waals surface area contributed by atoms with Crippen molar-refractivity contribution < 1.29 is 4.92 Å². The topological polar surface area (TPSA) is 55.2 Å². The minimum Gasteiger partial charge on any atom is -0.379 e. The number of anilines is 1. The van der Waals surface area contributed by atoms with Crippen LogP contribution in [0.15, 0.2) is 18.2 Å².